The number of hydrogen-bond donors (Lipinski definition) is 6. The van der Waals surface area contributed by atoms with Crippen molar-refractivity contribution in [2.75, 3.05) is 19.0 Å². The van der Waals surface area contributed by atoms with Crippen molar-refractivity contribution in [3.05, 3.63) is 45.7 Å². The summed E-state index contributed by atoms with van der Waals surface area (Å²) in [5, 5.41) is 47.5. The number of rotatable bonds is 4. The number of fused-ring (bicyclic) bond motifs is 3. The SMILES string of the molecule is CN(C)c1cc(/C=C/C(=O)NC(C)(C)C)c(O)c2c1C[C@H]1C[C@H]3CC(=O)C(C(N)=O)=C(O)[C@@]3(O)C(=O)C1=C2O. The van der Waals surface area contributed by atoms with Gasteiger partial charge in [-0.2, -0.15) is 0 Å². The Bertz CT molecular complexity index is 1410. The molecule has 3 atom stereocenters. The molecule has 39 heavy (non-hydrogen) atoms. The number of Topliss-reactive ketones (excluding diaryl/α,β-unsaturated/α-hetero) is 2. The maximum atomic E-state index is 13.7. The van der Waals surface area contributed by atoms with Crippen LogP contribution < -0.4 is 16.0 Å². The molecule has 3 aliphatic rings. The van der Waals surface area contributed by atoms with Gasteiger partial charge in [-0.15, -0.1) is 0 Å². The zero-order valence-electron chi connectivity index (χ0n) is 22.5. The van der Waals surface area contributed by atoms with Crippen molar-refractivity contribution in [2.24, 2.45) is 17.6 Å². The van der Waals surface area contributed by atoms with E-state index in [0.717, 1.165) is 0 Å². The number of nitrogens with two attached hydrogens (primary N) is 1. The van der Waals surface area contributed by atoms with Gasteiger partial charge >= 0.3 is 0 Å². The van der Waals surface area contributed by atoms with E-state index in [2.05, 4.69) is 5.32 Å². The number of hydrogen-bond acceptors (Lipinski definition) is 9. The third-order valence-electron chi connectivity index (χ3n) is 7.46. The number of aromatic hydroxyl groups is 1. The summed E-state index contributed by atoms with van der Waals surface area (Å²) in [4.78, 5) is 52.1. The third kappa shape index (κ3) is 4.46. The molecule has 0 heterocycles. The fraction of sp³-hybridized carbons (Fsp3) is 0.429. The highest BCUT2D eigenvalue weighted by atomic mass is 16.3. The van der Waals surface area contributed by atoms with E-state index in [0.29, 0.717) is 11.3 Å². The number of primary amides is 1. The van der Waals surface area contributed by atoms with Gasteiger partial charge in [0.05, 0.1) is 5.56 Å². The third-order valence-corrected chi connectivity index (χ3v) is 7.46. The lowest BCUT2D eigenvalue weighted by atomic mass is 9.59. The molecule has 1 aromatic carbocycles. The van der Waals surface area contributed by atoms with Crippen molar-refractivity contribution in [3.63, 3.8) is 0 Å². The van der Waals surface area contributed by atoms with Crippen molar-refractivity contribution in [1.29, 1.82) is 0 Å². The maximum Gasteiger partial charge on any atom is 0.255 e. The first kappa shape index (κ1) is 27.9. The van der Waals surface area contributed by atoms with E-state index in [1.54, 1.807) is 25.1 Å². The van der Waals surface area contributed by atoms with E-state index in [1.807, 2.05) is 20.8 Å². The van der Waals surface area contributed by atoms with Crippen LogP contribution >= 0.6 is 0 Å². The highest BCUT2D eigenvalue weighted by molar-refractivity contribution is 6.22. The lowest BCUT2D eigenvalue weighted by molar-refractivity contribution is -0.147. The quantitative estimate of drug-likeness (QED) is 0.243. The maximum absolute atomic E-state index is 13.7. The molecule has 3 aliphatic carbocycles. The average molecular weight is 540 g/mol. The Morgan fingerprint density at radius 2 is 1.79 bits per heavy atom. The number of anilines is 1. The van der Waals surface area contributed by atoms with Gasteiger partial charge in [-0.25, -0.2) is 0 Å². The number of carbonyl (C=O) groups excluding carboxylic acids is 4. The zero-order chi connectivity index (χ0) is 29.2. The van der Waals surface area contributed by atoms with Gasteiger partial charge in [0.2, 0.25) is 11.7 Å². The second-order valence-corrected chi connectivity index (χ2v) is 11.6. The molecule has 0 bridgehead atoms. The molecule has 11 heteroatoms. The van der Waals surface area contributed by atoms with Crippen LogP contribution in [0.1, 0.15) is 50.3 Å². The number of ketones is 2. The average Bonchev–Trinajstić information content (AvgIpc) is 2.79. The van der Waals surface area contributed by atoms with Crippen LogP contribution in [-0.4, -0.2) is 69.0 Å². The molecule has 11 nitrogen and oxygen atoms in total. The van der Waals surface area contributed by atoms with Crippen LogP contribution in [0.15, 0.2) is 29.0 Å². The molecule has 2 amide bonds. The lowest BCUT2D eigenvalue weighted by Crippen LogP contribution is -2.58. The van der Waals surface area contributed by atoms with Gasteiger partial charge < -0.3 is 36.4 Å². The van der Waals surface area contributed by atoms with Gasteiger partial charge in [-0.05, 0) is 57.2 Å². The molecular formula is C28H33N3O8. The summed E-state index contributed by atoms with van der Waals surface area (Å²) >= 11 is 0. The number of aliphatic hydroxyl groups excluding tert-OH is 2. The van der Waals surface area contributed by atoms with Crippen LogP contribution in [-0.2, 0) is 25.6 Å². The fourth-order valence-electron chi connectivity index (χ4n) is 5.79. The minimum absolute atomic E-state index is 0.0378. The van der Waals surface area contributed by atoms with Gasteiger partial charge in [-0.3, -0.25) is 19.2 Å². The summed E-state index contributed by atoms with van der Waals surface area (Å²) < 4.78 is 0. The van der Waals surface area contributed by atoms with Gasteiger partial charge in [0, 0.05) is 54.9 Å². The molecule has 1 aromatic rings. The molecule has 0 saturated heterocycles. The van der Waals surface area contributed by atoms with Crippen molar-refractivity contribution >= 4 is 40.9 Å². The second kappa shape index (κ2) is 9.26. The molecule has 0 spiro atoms. The Labute approximate surface area is 225 Å². The van der Waals surface area contributed by atoms with Crippen LogP contribution in [0.3, 0.4) is 0 Å². The highest BCUT2D eigenvalue weighted by Gasteiger charge is 2.60. The Morgan fingerprint density at radius 3 is 2.36 bits per heavy atom. The van der Waals surface area contributed by atoms with Crippen molar-refractivity contribution < 1.29 is 39.6 Å². The predicted octanol–water partition coefficient (Wildman–Crippen LogP) is 1.42. The molecule has 7 N–H and O–H groups in total. The Kier molecular flexibility index (Phi) is 6.63. The fourth-order valence-corrected chi connectivity index (χ4v) is 5.79. The number of aliphatic hydroxyl groups is 3. The smallest absolute Gasteiger partial charge is 0.255 e. The minimum atomic E-state index is -2.63. The molecule has 1 saturated carbocycles. The van der Waals surface area contributed by atoms with E-state index in [4.69, 9.17) is 5.73 Å². The van der Waals surface area contributed by atoms with Crippen LogP contribution in [0.5, 0.6) is 5.75 Å². The van der Waals surface area contributed by atoms with E-state index >= 15 is 0 Å². The minimum Gasteiger partial charge on any atom is -0.508 e. The monoisotopic (exact) mass is 539 g/mol. The number of nitrogens with one attached hydrogen (secondary N) is 1. The Balaban J connectivity index is 1.88. The van der Waals surface area contributed by atoms with Crippen molar-refractivity contribution in [2.45, 2.75) is 51.2 Å². The summed E-state index contributed by atoms with van der Waals surface area (Å²) in [7, 11) is 3.53. The van der Waals surface area contributed by atoms with E-state index in [9.17, 15) is 39.6 Å². The number of phenols is 1. The van der Waals surface area contributed by atoms with Crippen LogP contribution in [0.2, 0.25) is 0 Å². The topological polar surface area (TPSA) is 190 Å². The summed E-state index contributed by atoms with van der Waals surface area (Å²) in [6, 6.07) is 1.66. The lowest BCUT2D eigenvalue weighted by Gasteiger charge is -2.46. The predicted molar refractivity (Wildman–Crippen MR) is 143 cm³/mol. The number of carbonyl (C=O) groups is 4. The summed E-state index contributed by atoms with van der Waals surface area (Å²) in [6.07, 6.45) is 2.48. The van der Waals surface area contributed by atoms with Crippen molar-refractivity contribution in [3.8, 4) is 5.75 Å². The number of benzene rings is 1. The first-order chi connectivity index (χ1) is 18.0. The van der Waals surface area contributed by atoms with Crippen molar-refractivity contribution in [1.82, 2.24) is 5.32 Å². The molecule has 1 fully saturated rings. The first-order valence-corrected chi connectivity index (χ1v) is 12.5. The Hall–Kier alpha value is -4.12. The molecule has 208 valence electrons. The van der Waals surface area contributed by atoms with E-state index in [-0.39, 0.29) is 41.7 Å². The summed E-state index contributed by atoms with van der Waals surface area (Å²) in [5.41, 5.74) is 2.38. The molecular weight excluding hydrogens is 506 g/mol. The number of amides is 2. The normalized spacial score (nSPS) is 24.9. The van der Waals surface area contributed by atoms with E-state index < -0.39 is 63.4 Å². The van der Waals surface area contributed by atoms with Crippen LogP contribution in [0.4, 0.5) is 5.69 Å². The van der Waals surface area contributed by atoms with Crippen LogP contribution in [0.25, 0.3) is 11.8 Å². The standard InChI is InChI=1S/C28H33N3O8/c1-27(2,3)30-18(33)7-6-12-10-16(31(4)5)15-9-13-8-14-11-17(32)21(26(29)38)25(37)28(14,39)24(36)19(13)23(35)20(15)22(12)34/h6-7,10,13-14,34-35,37,39H,8-9,11H2,1-5H3,(H2,29,38)(H,30,33)/b7-6+/t13-,14+,28+/m1/s1. The van der Waals surface area contributed by atoms with Gasteiger partial charge in [-0.1, -0.05) is 0 Å². The summed E-state index contributed by atoms with van der Waals surface area (Å²) in [6.45, 7) is 5.46. The highest BCUT2D eigenvalue weighted by Crippen LogP contribution is 2.53. The number of nitrogens with zero attached hydrogens (tertiary/aromatic N) is 1. The second-order valence-electron chi connectivity index (χ2n) is 11.6. The van der Waals surface area contributed by atoms with Gasteiger partial charge in [0.15, 0.2) is 11.4 Å². The molecule has 4 rings (SSSR count). The summed E-state index contributed by atoms with van der Waals surface area (Å²) in [5.74, 6) is -7.26. The van der Waals surface area contributed by atoms with Crippen LogP contribution in [0, 0.1) is 11.8 Å². The van der Waals surface area contributed by atoms with Gasteiger partial charge in [0.1, 0.15) is 22.8 Å². The molecule has 0 radical (unpaired) electrons. The Morgan fingerprint density at radius 1 is 1.15 bits per heavy atom. The largest absolute Gasteiger partial charge is 0.508 e. The van der Waals surface area contributed by atoms with E-state index in [1.165, 1.54) is 12.2 Å². The number of phenolic OH excluding ortho intramolecular Hbond substituents is 1. The molecule has 0 aromatic heterocycles. The van der Waals surface area contributed by atoms with Gasteiger partial charge in [0.25, 0.3) is 5.91 Å². The molecule has 0 aliphatic heterocycles. The molecule has 0 unspecified atom stereocenters. The zero-order valence-corrected chi connectivity index (χ0v) is 22.5. The first-order valence-electron chi connectivity index (χ1n) is 12.5.